The van der Waals surface area contributed by atoms with Crippen LogP contribution in [0, 0.1) is 0 Å². The topological polar surface area (TPSA) is 70.1 Å². The van der Waals surface area contributed by atoms with Gasteiger partial charge in [-0.15, -0.1) is 0 Å². The molecule has 0 saturated heterocycles. The lowest BCUT2D eigenvalue weighted by Crippen LogP contribution is -2.39. The number of carboxylic acids is 1. The summed E-state index contributed by atoms with van der Waals surface area (Å²) in [4.78, 5) is 23.9. The number of ether oxygens (including phenoxy) is 1. The predicted molar refractivity (Wildman–Crippen MR) is 90.4 cm³/mol. The van der Waals surface area contributed by atoms with Gasteiger partial charge >= 0.3 is 11.9 Å². The van der Waals surface area contributed by atoms with E-state index in [0.29, 0.717) is 18.8 Å². The van der Waals surface area contributed by atoms with Crippen molar-refractivity contribution in [3.05, 3.63) is 59.2 Å². The van der Waals surface area contributed by atoms with Crippen LogP contribution in [-0.2, 0) is 11.3 Å². The Morgan fingerprint density at radius 1 is 1.12 bits per heavy atom. The number of nitrogens with zero attached hydrogens (tertiary/aromatic N) is 2. The number of para-hydroxylation sites is 2. The fourth-order valence-electron chi connectivity index (χ4n) is 3.08. The number of anilines is 2. The first kappa shape index (κ1) is 15.9. The molecule has 0 bridgehead atoms. The van der Waals surface area contributed by atoms with E-state index in [4.69, 9.17) is 4.74 Å². The second kappa shape index (κ2) is 6.23. The van der Waals surface area contributed by atoms with Crippen LogP contribution in [-0.4, -0.2) is 30.7 Å². The molecule has 2 aromatic rings. The van der Waals surface area contributed by atoms with Crippen molar-refractivity contribution in [2.75, 3.05) is 23.7 Å². The first-order valence-corrected chi connectivity index (χ1v) is 7.66. The van der Waals surface area contributed by atoms with Crippen LogP contribution >= 0.6 is 0 Å². The number of carbonyl (C=O) groups excluding carboxylic acids is 1. The number of carbonyl (C=O) groups is 2. The Balaban J connectivity index is 2.18. The van der Waals surface area contributed by atoms with Crippen LogP contribution in [0.4, 0.5) is 11.4 Å². The van der Waals surface area contributed by atoms with Gasteiger partial charge in [-0.2, -0.15) is 0 Å². The zero-order chi connectivity index (χ0) is 17.3. The highest BCUT2D eigenvalue weighted by Gasteiger charge is 2.32. The van der Waals surface area contributed by atoms with Crippen LogP contribution in [0.15, 0.2) is 42.5 Å². The fourth-order valence-corrected chi connectivity index (χ4v) is 3.08. The number of methoxy groups -OCH3 is 1. The van der Waals surface area contributed by atoms with Crippen molar-refractivity contribution in [2.24, 2.45) is 0 Å². The second-order valence-corrected chi connectivity index (χ2v) is 5.40. The van der Waals surface area contributed by atoms with E-state index in [9.17, 15) is 14.7 Å². The van der Waals surface area contributed by atoms with E-state index in [1.165, 1.54) is 13.2 Å². The van der Waals surface area contributed by atoms with Gasteiger partial charge in [0.2, 0.25) is 0 Å². The van der Waals surface area contributed by atoms with Crippen LogP contribution in [0.25, 0.3) is 0 Å². The van der Waals surface area contributed by atoms with Gasteiger partial charge in [0.05, 0.1) is 36.2 Å². The number of hydrogen-bond acceptors (Lipinski definition) is 5. The number of carboxylic acid groups (broad SMARTS) is 1. The molecule has 0 atom stereocenters. The van der Waals surface area contributed by atoms with Crippen LogP contribution in [0.2, 0.25) is 0 Å². The van der Waals surface area contributed by atoms with Gasteiger partial charge in [-0.1, -0.05) is 24.3 Å². The van der Waals surface area contributed by atoms with E-state index in [0.717, 1.165) is 11.3 Å². The highest BCUT2D eigenvalue weighted by molar-refractivity contribution is 6.04. The molecule has 0 spiro atoms. The average molecular weight is 326 g/mol. The fraction of sp³-hybridized carbons (Fsp3) is 0.222. The van der Waals surface area contributed by atoms with E-state index in [1.54, 1.807) is 12.1 Å². The monoisotopic (exact) mass is 326 g/mol. The lowest BCUT2D eigenvalue weighted by Gasteiger charge is -2.33. The largest absolute Gasteiger partial charge is 0.478 e. The van der Waals surface area contributed by atoms with Crippen molar-refractivity contribution in [2.45, 2.75) is 13.5 Å². The van der Waals surface area contributed by atoms with E-state index in [2.05, 4.69) is 0 Å². The molecule has 1 heterocycles. The lowest BCUT2D eigenvalue weighted by atomic mass is 10.1. The molecule has 1 N–H and O–H groups in total. The summed E-state index contributed by atoms with van der Waals surface area (Å²) in [6.45, 7) is 3.13. The molecule has 0 aromatic heterocycles. The minimum Gasteiger partial charge on any atom is -0.478 e. The first-order valence-electron chi connectivity index (χ1n) is 7.66. The number of esters is 1. The first-order chi connectivity index (χ1) is 11.6. The minimum atomic E-state index is -1.08. The number of benzene rings is 2. The van der Waals surface area contributed by atoms with Gasteiger partial charge in [0, 0.05) is 6.54 Å². The SMILES string of the molecule is CCN1c2ccccc2CN1c1c(C(=O)O)cccc1C(=O)OC. The maximum absolute atomic E-state index is 12.2. The quantitative estimate of drug-likeness (QED) is 0.871. The molecule has 0 fully saturated rings. The molecule has 1 aliphatic heterocycles. The Kier molecular flexibility index (Phi) is 4.12. The third kappa shape index (κ3) is 2.46. The van der Waals surface area contributed by atoms with Crippen molar-refractivity contribution in [3.8, 4) is 0 Å². The Labute approximate surface area is 139 Å². The van der Waals surface area contributed by atoms with Crippen LogP contribution in [0.5, 0.6) is 0 Å². The molecule has 0 aliphatic carbocycles. The van der Waals surface area contributed by atoms with Gasteiger partial charge in [-0.05, 0) is 30.7 Å². The van der Waals surface area contributed by atoms with Crippen LogP contribution in [0.3, 0.4) is 0 Å². The maximum Gasteiger partial charge on any atom is 0.340 e. The molecule has 0 radical (unpaired) electrons. The lowest BCUT2D eigenvalue weighted by molar-refractivity contribution is 0.0601. The smallest absolute Gasteiger partial charge is 0.340 e. The van der Waals surface area contributed by atoms with Gasteiger partial charge in [0.25, 0.3) is 0 Å². The van der Waals surface area contributed by atoms with Gasteiger partial charge in [0.15, 0.2) is 0 Å². The highest BCUT2D eigenvalue weighted by atomic mass is 16.5. The summed E-state index contributed by atoms with van der Waals surface area (Å²) in [5.41, 5.74) is 2.76. The van der Waals surface area contributed by atoms with Gasteiger partial charge in [0.1, 0.15) is 0 Å². The third-order valence-electron chi connectivity index (χ3n) is 4.11. The molecular weight excluding hydrogens is 308 g/mol. The summed E-state index contributed by atoms with van der Waals surface area (Å²) in [7, 11) is 1.29. The van der Waals surface area contributed by atoms with Crippen molar-refractivity contribution >= 4 is 23.3 Å². The highest BCUT2D eigenvalue weighted by Crippen LogP contribution is 2.38. The summed E-state index contributed by atoms with van der Waals surface area (Å²) < 4.78 is 4.84. The number of hydrazine groups is 1. The van der Waals surface area contributed by atoms with E-state index in [1.807, 2.05) is 41.2 Å². The summed E-state index contributed by atoms with van der Waals surface area (Å²) in [5.74, 6) is -1.64. The van der Waals surface area contributed by atoms with Gasteiger partial charge < -0.3 is 9.84 Å². The van der Waals surface area contributed by atoms with Crippen LogP contribution < -0.4 is 10.0 Å². The molecular formula is C18H18N2O4. The Morgan fingerprint density at radius 3 is 2.50 bits per heavy atom. The molecule has 6 nitrogen and oxygen atoms in total. The van der Waals surface area contributed by atoms with Crippen molar-refractivity contribution in [1.29, 1.82) is 0 Å². The molecule has 0 unspecified atom stereocenters. The zero-order valence-electron chi connectivity index (χ0n) is 13.5. The van der Waals surface area contributed by atoms with E-state index in [-0.39, 0.29) is 11.1 Å². The number of hydrogen-bond donors (Lipinski definition) is 1. The molecule has 0 amide bonds. The molecule has 1 aliphatic rings. The summed E-state index contributed by atoms with van der Waals surface area (Å²) in [6.07, 6.45) is 0. The molecule has 6 heteroatoms. The molecule has 124 valence electrons. The Bertz CT molecular complexity index is 803. The van der Waals surface area contributed by atoms with Crippen molar-refractivity contribution in [3.63, 3.8) is 0 Å². The molecule has 3 rings (SSSR count). The maximum atomic E-state index is 12.2. The normalized spacial score (nSPS) is 12.9. The van der Waals surface area contributed by atoms with E-state index < -0.39 is 11.9 Å². The van der Waals surface area contributed by atoms with Gasteiger partial charge in [-0.3, -0.25) is 10.0 Å². The second-order valence-electron chi connectivity index (χ2n) is 5.40. The minimum absolute atomic E-state index is 0.0733. The summed E-state index contributed by atoms with van der Waals surface area (Å²) in [5, 5.41) is 13.4. The summed E-state index contributed by atoms with van der Waals surface area (Å²) >= 11 is 0. The number of aromatic carboxylic acids is 1. The van der Waals surface area contributed by atoms with Crippen molar-refractivity contribution < 1.29 is 19.4 Å². The van der Waals surface area contributed by atoms with Crippen molar-refractivity contribution in [1.82, 2.24) is 0 Å². The predicted octanol–water partition coefficient (Wildman–Crippen LogP) is 2.93. The number of fused-ring (bicyclic) bond motifs is 1. The Morgan fingerprint density at radius 2 is 1.83 bits per heavy atom. The standard InChI is InChI=1S/C18H18N2O4/c1-3-19-15-10-5-4-7-12(15)11-20(19)16-13(17(21)22)8-6-9-14(16)18(23)24-2/h4-10H,3,11H2,1-2H3,(H,21,22). The average Bonchev–Trinajstić information content (AvgIpc) is 2.98. The third-order valence-corrected chi connectivity index (χ3v) is 4.11. The zero-order valence-corrected chi connectivity index (χ0v) is 13.5. The molecule has 2 aromatic carbocycles. The molecule has 24 heavy (non-hydrogen) atoms. The van der Waals surface area contributed by atoms with Crippen LogP contribution in [0.1, 0.15) is 33.2 Å². The Hall–Kier alpha value is -3.02. The van der Waals surface area contributed by atoms with Gasteiger partial charge in [-0.25, -0.2) is 9.59 Å². The summed E-state index contributed by atoms with van der Waals surface area (Å²) in [6, 6.07) is 12.5. The molecule has 0 saturated carbocycles. The number of rotatable bonds is 4. The van der Waals surface area contributed by atoms with E-state index >= 15 is 0 Å².